The van der Waals surface area contributed by atoms with Crippen molar-refractivity contribution in [3.63, 3.8) is 0 Å². The summed E-state index contributed by atoms with van der Waals surface area (Å²) in [6, 6.07) is 0.495. The van der Waals surface area contributed by atoms with Crippen LogP contribution in [0.5, 0.6) is 0 Å². The topological polar surface area (TPSA) is 64.3 Å². The standard InChI is InChI=1S/C16H32N2O2/c1-12(2)11-13(3)20-10-6-5-9-16(4,15(17)19)18-14-7-8-14/h12-14,18H,5-11H2,1-4H3,(H2,17,19). The Labute approximate surface area is 123 Å². The lowest BCUT2D eigenvalue weighted by Crippen LogP contribution is -2.53. The first kappa shape index (κ1) is 17.4. The first-order valence-corrected chi connectivity index (χ1v) is 8.02. The number of nitrogens with one attached hydrogen (secondary N) is 1. The van der Waals surface area contributed by atoms with Crippen molar-refractivity contribution in [1.29, 1.82) is 0 Å². The van der Waals surface area contributed by atoms with Crippen LogP contribution < -0.4 is 11.1 Å². The lowest BCUT2D eigenvalue weighted by Gasteiger charge is -2.27. The smallest absolute Gasteiger partial charge is 0.237 e. The van der Waals surface area contributed by atoms with Gasteiger partial charge in [-0.1, -0.05) is 13.8 Å². The summed E-state index contributed by atoms with van der Waals surface area (Å²) in [6.07, 6.45) is 6.49. The first-order chi connectivity index (χ1) is 9.33. The van der Waals surface area contributed by atoms with Crippen molar-refractivity contribution >= 4 is 5.91 Å². The van der Waals surface area contributed by atoms with Crippen molar-refractivity contribution in [2.45, 2.75) is 83.9 Å². The van der Waals surface area contributed by atoms with E-state index in [-0.39, 0.29) is 5.91 Å². The van der Waals surface area contributed by atoms with Crippen molar-refractivity contribution < 1.29 is 9.53 Å². The largest absolute Gasteiger partial charge is 0.379 e. The summed E-state index contributed by atoms with van der Waals surface area (Å²) in [5.41, 5.74) is 4.98. The van der Waals surface area contributed by atoms with Gasteiger partial charge in [-0.3, -0.25) is 4.79 Å². The molecule has 1 fully saturated rings. The Morgan fingerprint density at radius 1 is 1.35 bits per heavy atom. The molecule has 4 heteroatoms. The molecule has 1 aliphatic carbocycles. The SMILES string of the molecule is CC(C)CC(C)OCCCCC(C)(NC1CC1)C(N)=O. The molecule has 0 aliphatic heterocycles. The molecule has 0 saturated heterocycles. The molecule has 20 heavy (non-hydrogen) atoms. The van der Waals surface area contributed by atoms with Gasteiger partial charge in [0.15, 0.2) is 0 Å². The van der Waals surface area contributed by atoms with Crippen molar-refractivity contribution in [3.8, 4) is 0 Å². The summed E-state index contributed by atoms with van der Waals surface area (Å²) in [5.74, 6) is 0.435. The third kappa shape index (κ3) is 6.71. The number of hydrogen-bond donors (Lipinski definition) is 2. The number of amides is 1. The number of primary amides is 1. The van der Waals surface area contributed by atoms with E-state index in [2.05, 4.69) is 26.1 Å². The maximum Gasteiger partial charge on any atom is 0.237 e. The minimum atomic E-state index is -0.551. The minimum Gasteiger partial charge on any atom is -0.379 e. The second kappa shape index (κ2) is 7.99. The normalized spacial score (nSPS) is 19.9. The number of rotatable bonds is 11. The monoisotopic (exact) mass is 284 g/mol. The van der Waals surface area contributed by atoms with Gasteiger partial charge in [-0.05, 0) is 58.3 Å². The Morgan fingerprint density at radius 3 is 2.50 bits per heavy atom. The Kier molecular flexibility index (Phi) is 6.96. The Balaban J connectivity index is 2.16. The van der Waals surface area contributed by atoms with Crippen molar-refractivity contribution in [3.05, 3.63) is 0 Å². The van der Waals surface area contributed by atoms with Gasteiger partial charge in [0.05, 0.1) is 11.6 Å². The molecule has 2 atom stereocenters. The van der Waals surface area contributed by atoms with Crippen LogP contribution in [0.2, 0.25) is 0 Å². The van der Waals surface area contributed by atoms with E-state index in [1.807, 2.05) is 6.92 Å². The second-order valence-corrected chi connectivity index (χ2v) is 6.88. The van der Waals surface area contributed by atoms with E-state index >= 15 is 0 Å². The predicted octanol–water partition coefficient (Wildman–Crippen LogP) is 2.60. The summed E-state index contributed by atoms with van der Waals surface area (Å²) in [5, 5.41) is 3.38. The zero-order chi connectivity index (χ0) is 15.2. The predicted molar refractivity (Wildman–Crippen MR) is 82.5 cm³/mol. The average molecular weight is 284 g/mol. The minimum absolute atomic E-state index is 0.238. The van der Waals surface area contributed by atoms with Crippen LogP contribution in [0.1, 0.15) is 66.2 Å². The zero-order valence-electron chi connectivity index (χ0n) is 13.6. The van der Waals surface area contributed by atoms with Crippen LogP contribution in [0, 0.1) is 5.92 Å². The molecule has 3 N–H and O–H groups in total. The lowest BCUT2D eigenvalue weighted by atomic mass is 9.94. The van der Waals surface area contributed by atoms with Crippen LogP contribution in [0.15, 0.2) is 0 Å². The molecule has 0 bridgehead atoms. The van der Waals surface area contributed by atoms with Crippen molar-refractivity contribution in [2.24, 2.45) is 11.7 Å². The van der Waals surface area contributed by atoms with E-state index in [9.17, 15) is 4.79 Å². The second-order valence-electron chi connectivity index (χ2n) is 6.88. The summed E-state index contributed by atoms with van der Waals surface area (Å²) in [7, 11) is 0. The summed E-state index contributed by atoms with van der Waals surface area (Å²) in [4.78, 5) is 11.6. The fraction of sp³-hybridized carbons (Fsp3) is 0.938. The molecule has 2 unspecified atom stereocenters. The van der Waals surface area contributed by atoms with E-state index in [0.717, 1.165) is 32.3 Å². The fourth-order valence-corrected chi connectivity index (χ4v) is 2.54. The molecule has 4 nitrogen and oxygen atoms in total. The number of ether oxygens (including phenoxy) is 1. The molecule has 0 aromatic heterocycles. The molecule has 0 heterocycles. The average Bonchev–Trinajstić information content (AvgIpc) is 3.11. The highest BCUT2D eigenvalue weighted by atomic mass is 16.5. The van der Waals surface area contributed by atoms with Gasteiger partial charge >= 0.3 is 0 Å². The third-order valence-corrected chi connectivity index (χ3v) is 3.92. The van der Waals surface area contributed by atoms with Gasteiger partial charge < -0.3 is 15.8 Å². The van der Waals surface area contributed by atoms with Crippen LogP contribution in [0.25, 0.3) is 0 Å². The van der Waals surface area contributed by atoms with Crippen LogP contribution in [0.4, 0.5) is 0 Å². The maximum atomic E-state index is 11.6. The van der Waals surface area contributed by atoms with Gasteiger partial charge in [-0.15, -0.1) is 0 Å². The maximum absolute atomic E-state index is 11.6. The molecule has 0 radical (unpaired) electrons. The lowest BCUT2D eigenvalue weighted by molar-refractivity contribution is -0.124. The highest BCUT2D eigenvalue weighted by Gasteiger charge is 2.36. The van der Waals surface area contributed by atoms with E-state index in [4.69, 9.17) is 10.5 Å². The Morgan fingerprint density at radius 2 is 2.00 bits per heavy atom. The van der Waals surface area contributed by atoms with Crippen LogP contribution >= 0.6 is 0 Å². The quantitative estimate of drug-likeness (QED) is 0.573. The number of nitrogens with two attached hydrogens (primary N) is 1. The number of unbranched alkanes of at least 4 members (excludes halogenated alkanes) is 1. The molecule has 1 saturated carbocycles. The Hall–Kier alpha value is -0.610. The molecule has 0 spiro atoms. The Bertz CT molecular complexity index is 303. The molecule has 1 aliphatic rings. The number of carbonyl (C=O) groups excluding carboxylic acids is 1. The van der Waals surface area contributed by atoms with Gasteiger partial charge in [0.2, 0.25) is 5.91 Å². The van der Waals surface area contributed by atoms with Gasteiger partial charge in [-0.2, -0.15) is 0 Å². The summed E-state index contributed by atoms with van der Waals surface area (Å²) < 4.78 is 5.78. The fourth-order valence-electron chi connectivity index (χ4n) is 2.54. The van der Waals surface area contributed by atoms with Crippen molar-refractivity contribution in [2.75, 3.05) is 6.61 Å². The van der Waals surface area contributed by atoms with Gasteiger partial charge in [0.1, 0.15) is 0 Å². The highest BCUT2D eigenvalue weighted by Crippen LogP contribution is 2.25. The van der Waals surface area contributed by atoms with Crippen LogP contribution in [-0.4, -0.2) is 30.2 Å². The van der Waals surface area contributed by atoms with E-state index < -0.39 is 5.54 Å². The molecular formula is C16H32N2O2. The van der Waals surface area contributed by atoms with Crippen molar-refractivity contribution in [1.82, 2.24) is 5.32 Å². The van der Waals surface area contributed by atoms with Gasteiger partial charge in [-0.25, -0.2) is 0 Å². The zero-order valence-corrected chi connectivity index (χ0v) is 13.6. The van der Waals surface area contributed by atoms with Gasteiger partial charge in [0, 0.05) is 12.6 Å². The van der Waals surface area contributed by atoms with E-state index in [0.29, 0.717) is 18.1 Å². The summed E-state index contributed by atoms with van der Waals surface area (Å²) >= 11 is 0. The molecule has 1 amide bonds. The third-order valence-electron chi connectivity index (χ3n) is 3.92. The summed E-state index contributed by atoms with van der Waals surface area (Å²) in [6.45, 7) is 9.24. The van der Waals surface area contributed by atoms with E-state index in [1.165, 1.54) is 12.8 Å². The first-order valence-electron chi connectivity index (χ1n) is 8.02. The molecule has 118 valence electrons. The van der Waals surface area contributed by atoms with Crippen LogP contribution in [-0.2, 0) is 9.53 Å². The number of hydrogen-bond acceptors (Lipinski definition) is 3. The molecule has 1 rings (SSSR count). The van der Waals surface area contributed by atoms with E-state index in [1.54, 1.807) is 0 Å². The molecular weight excluding hydrogens is 252 g/mol. The van der Waals surface area contributed by atoms with Gasteiger partial charge in [0.25, 0.3) is 0 Å². The number of carbonyl (C=O) groups is 1. The van der Waals surface area contributed by atoms with Crippen LogP contribution in [0.3, 0.4) is 0 Å². The highest BCUT2D eigenvalue weighted by molar-refractivity contribution is 5.84. The molecule has 0 aromatic rings. The molecule has 0 aromatic carbocycles.